The third-order valence-electron chi connectivity index (χ3n) is 15.5. The number of nitrogens with zero attached hydrogens (tertiary/aromatic N) is 14. The van der Waals surface area contributed by atoms with Crippen LogP contribution in [-0.4, -0.2) is 156 Å². The van der Waals surface area contributed by atoms with Crippen LogP contribution in [0.15, 0.2) is 58.4 Å². The maximum absolute atomic E-state index is 14.8. The number of piperidine rings is 2. The van der Waals surface area contributed by atoms with E-state index in [0.717, 1.165) is 60.6 Å². The lowest BCUT2D eigenvalue weighted by Gasteiger charge is -2.47. The lowest BCUT2D eigenvalue weighted by atomic mass is 9.84. The van der Waals surface area contributed by atoms with E-state index < -0.39 is 17.3 Å². The van der Waals surface area contributed by atoms with Crippen LogP contribution in [-0.2, 0) is 23.6 Å². The van der Waals surface area contributed by atoms with Crippen LogP contribution in [0, 0.1) is 11.6 Å². The Morgan fingerprint density at radius 2 is 1.19 bits per heavy atom. The molecular weight excluding hydrogens is 1050 g/mol. The number of tetrazole rings is 2. The second-order valence-electron chi connectivity index (χ2n) is 22.2. The first kappa shape index (κ1) is 55.4. The van der Waals surface area contributed by atoms with Crippen molar-refractivity contribution in [1.82, 2.24) is 69.3 Å². The minimum Gasteiger partial charge on any atom is -0.486 e. The van der Waals surface area contributed by atoms with E-state index in [4.69, 9.17) is 36.3 Å². The number of hydrogen-bond acceptors (Lipinski definition) is 20. The molecule has 0 bridgehead atoms. The molecule has 24 nitrogen and oxygen atoms in total. The minimum absolute atomic E-state index is 0.0234. The van der Waals surface area contributed by atoms with Crippen molar-refractivity contribution in [2.75, 3.05) is 61.2 Å². The molecule has 6 aliphatic heterocycles. The molecule has 27 heteroatoms. The third-order valence-corrected chi connectivity index (χ3v) is 15.7. The van der Waals surface area contributed by atoms with Crippen molar-refractivity contribution in [3.63, 3.8) is 0 Å². The first-order valence-corrected chi connectivity index (χ1v) is 27.3. The van der Waals surface area contributed by atoms with Gasteiger partial charge in [-0.25, -0.2) is 28.3 Å². The standard InChI is InChI=1S/C26H34FN9O3.C14H20ClFN4.C12H15N5O3/c1-26(2)13-17(11-18-5-4-9-35(18)26)29-23-20(27)14-28-24(31-23)30-16-6-7-22(39-19-8-10-38-15-19)21(12-16)36-25(37)34(3)32-33-36;1-14(2)7-9(6-10-4-3-5-20(10)14)18-12-11(16)8-17-13(15)19-12;1-16-12(18)17(15-14-16)10-6-8(13)2-3-11(10)20-9-4-5-19-7-9/h6-7,12,14,17-19H,4-5,8-11,13,15H2,1-3H3,(H2,28,29,30,31);8-10H,3-7H2,1-2H3,(H,17,18,19);2-3,6,9H,4-5,7,13H2,1H3/t17?,18?,19-;;9-/m0.0/s1. The first-order chi connectivity index (χ1) is 37.9. The maximum Gasteiger partial charge on any atom is 0.368 e. The summed E-state index contributed by atoms with van der Waals surface area (Å²) in [5.74, 6) is 0.692. The number of fused-ring (bicyclic) bond motifs is 2. The van der Waals surface area contributed by atoms with E-state index in [1.54, 1.807) is 36.4 Å². The van der Waals surface area contributed by atoms with Crippen molar-refractivity contribution >= 4 is 40.6 Å². The summed E-state index contributed by atoms with van der Waals surface area (Å²) in [6.07, 6.45) is 12.5. The Hall–Kier alpha value is -6.87. The molecule has 4 aromatic heterocycles. The fourth-order valence-corrected chi connectivity index (χ4v) is 12.0. The highest BCUT2D eigenvalue weighted by Crippen LogP contribution is 2.40. The number of aryl methyl sites for hydroxylation is 2. The number of benzene rings is 2. The molecule has 6 aliphatic rings. The average molecular weight is 1120 g/mol. The van der Waals surface area contributed by atoms with Crippen LogP contribution in [0.2, 0.25) is 5.28 Å². The van der Waals surface area contributed by atoms with Gasteiger partial charge < -0.3 is 40.6 Å². The number of nitrogens with two attached hydrogens (primary N) is 1. The van der Waals surface area contributed by atoms with E-state index >= 15 is 0 Å². The van der Waals surface area contributed by atoms with Gasteiger partial charge in [0.15, 0.2) is 23.3 Å². The topological polar surface area (TPSA) is 262 Å². The molecule has 12 rings (SSSR count). The van der Waals surface area contributed by atoms with Gasteiger partial charge in [-0.2, -0.15) is 28.7 Å². The highest BCUT2D eigenvalue weighted by atomic mass is 35.5. The molecule has 2 aromatic carbocycles. The zero-order valence-electron chi connectivity index (χ0n) is 45.3. The molecule has 0 spiro atoms. The van der Waals surface area contributed by atoms with E-state index in [1.807, 2.05) is 0 Å². The largest absolute Gasteiger partial charge is 0.486 e. The van der Waals surface area contributed by atoms with Crippen molar-refractivity contribution < 1.29 is 27.7 Å². The molecule has 0 radical (unpaired) electrons. The number of rotatable bonds is 12. The van der Waals surface area contributed by atoms with Crippen molar-refractivity contribution in [2.45, 2.75) is 139 Å². The van der Waals surface area contributed by atoms with Crippen LogP contribution in [0.25, 0.3) is 11.4 Å². The number of hydrogen-bond donors (Lipinski definition) is 4. The fraction of sp³-hybridized carbons (Fsp3) is 0.577. The molecule has 5 N–H and O–H groups in total. The van der Waals surface area contributed by atoms with Crippen molar-refractivity contribution in [3.05, 3.63) is 86.7 Å². The SMILES string of the molecule is CC1(C)CC(Nc2nc(Cl)ncc2F)CC2CCCN21.Cn1nnn(-c2cc(N)ccc2O[C@H]2CCOC2)c1=O.Cn1nnn(-c2cc(Nc3ncc(F)c(NC4CC5CCCN5C(C)(C)C4)n3)ccc2O[C@H]2CCOC2)c1=O. The molecule has 79 heavy (non-hydrogen) atoms. The zero-order chi connectivity index (χ0) is 55.6. The van der Waals surface area contributed by atoms with Gasteiger partial charge in [0.2, 0.25) is 11.2 Å². The van der Waals surface area contributed by atoms with E-state index in [0.29, 0.717) is 72.8 Å². The highest BCUT2D eigenvalue weighted by Gasteiger charge is 2.44. The summed E-state index contributed by atoms with van der Waals surface area (Å²) in [4.78, 5) is 46.0. The Bertz CT molecular complexity index is 3220. The van der Waals surface area contributed by atoms with Crippen molar-refractivity contribution in [3.8, 4) is 22.9 Å². The van der Waals surface area contributed by atoms with Crippen LogP contribution >= 0.6 is 11.6 Å². The Morgan fingerprint density at radius 1 is 0.684 bits per heavy atom. The second-order valence-corrected chi connectivity index (χ2v) is 22.6. The van der Waals surface area contributed by atoms with Crippen LogP contribution < -0.4 is 42.5 Å². The molecule has 10 heterocycles. The number of aromatic nitrogens is 12. The van der Waals surface area contributed by atoms with Gasteiger partial charge >= 0.3 is 11.4 Å². The molecule has 6 fully saturated rings. The van der Waals surface area contributed by atoms with Gasteiger partial charge in [-0.3, -0.25) is 9.80 Å². The van der Waals surface area contributed by atoms with E-state index in [2.05, 4.69) is 94.2 Å². The summed E-state index contributed by atoms with van der Waals surface area (Å²) in [5, 5.41) is 25.1. The molecule has 0 amide bonds. The molecule has 6 saturated heterocycles. The number of nitrogens with one attached hydrogen (secondary N) is 3. The Labute approximate surface area is 460 Å². The van der Waals surface area contributed by atoms with Crippen LogP contribution in [0.4, 0.5) is 37.7 Å². The average Bonchev–Trinajstić information content (AvgIpc) is 4.35. The molecule has 4 unspecified atom stereocenters. The summed E-state index contributed by atoms with van der Waals surface area (Å²) in [6, 6.07) is 11.8. The normalized spacial score (nSPS) is 24.1. The van der Waals surface area contributed by atoms with Gasteiger partial charge in [-0.05, 0) is 161 Å². The van der Waals surface area contributed by atoms with E-state index in [-0.39, 0.29) is 63.9 Å². The predicted molar refractivity (Wildman–Crippen MR) is 290 cm³/mol. The highest BCUT2D eigenvalue weighted by molar-refractivity contribution is 6.28. The van der Waals surface area contributed by atoms with Crippen molar-refractivity contribution in [2.24, 2.45) is 14.1 Å². The Kier molecular flexibility index (Phi) is 16.5. The molecule has 424 valence electrons. The molecule has 0 saturated carbocycles. The van der Waals surface area contributed by atoms with Gasteiger partial charge in [0.05, 0.1) is 38.8 Å². The second kappa shape index (κ2) is 23.5. The van der Waals surface area contributed by atoms with E-state index in [9.17, 15) is 18.4 Å². The first-order valence-electron chi connectivity index (χ1n) is 26.9. The lowest BCUT2D eigenvalue weighted by molar-refractivity contribution is 0.0498. The quantitative estimate of drug-likeness (QED) is 0.0880. The van der Waals surface area contributed by atoms with Gasteiger partial charge in [-0.15, -0.1) is 0 Å². The molecular formula is C52H69ClF2N18O6. The molecule has 6 aromatic rings. The smallest absolute Gasteiger partial charge is 0.368 e. The van der Waals surface area contributed by atoms with Gasteiger partial charge in [0.25, 0.3) is 0 Å². The number of nitrogen functional groups attached to an aromatic ring is 1. The minimum atomic E-state index is -0.499. The zero-order valence-corrected chi connectivity index (χ0v) is 46.1. The summed E-state index contributed by atoms with van der Waals surface area (Å²) >= 11 is 5.74. The summed E-state index contributed by atoms with van der Waals surface area (Å²) in [7, 11) is 3.06. The molecule has 0 aliphatic carbocycles. The fourth-order valence-electron chi connectivity index (χ4n) is 11.9. The number of ether oxygens (including phenoxy) is 4. The third kappa shape index (κ3) is 12.8. The number of halogens is 3. The predicted octanol–water partition coefficient (Wildman–Crippen LogP) is 5.43. The van der Waals surface area contributed by atoms with Gasteiger partial charge in [0.1, 0.15) is 35.1 Å². The lowest BCUT2D eigenvalue weighted by Crippen LogP contribution is -2.55. The van der Waals surface area contributed by atoms with Crippen LogP contribution in [0.3, 0.4) is 0 Å². The van der Waals surface area contributed by atoms with Crippen molar-refractivity contribution in [1.29, 1.82) is 0 Å². The Morgan fingerprint density at radius 3 is 1.70 bits per heavy atom. The van der Waals surface area contributed by atoms with Gasteiger partial charge in [0, 0.05) is 73.6 Å². The van der Waals surface area contributed by atoms with Crippen LogP contribution in [0.5, 0.6) is 11.5 Å². The molecule has 6 atom stereocenters. The van der Waals surface area contributed by atoms with Crippen LogP contribution in [0.1, 0.15) is 91.9 Å². The Balaban J connectivity index is 0.000000148. The monoisotopic (exact) mass is 1110 g/mol. The summed E-state index contributed by atoms with van der Waals surface area (Å²) in [5.41, 5.74) is 7.19. The summed E-state index contributed by atoms with van der Waals surface area (Å²) in [6.45, 7) is 13.7. The maximum atomic E-state index is 14.8. The van der Waals surface area contributed by atoms with E-state index in [1.165, 1.54) is 61.9 Å². The van der Waals surface area contributed by atoms with Gasteiger partial charge in [-0.1, -0.05) is 0 Å². The number of anilines is 5. The summed E-state index contributed by atoms with van der Waals surface area (Å²) < 4.78 is 55.8.